The van der Waals surface area contributed by atoms with E-state index in [9.17, 15) is 0 Å². The quantitative estimate of drug-likeness (QED) is 0.697. The Balaban J connectivity index is 1.67. The van der Waals surface area contributed by atoms with Crippen molar-refractivity contribution in [1.82, 2.24) is 10.9 Å². The highest BCUT2D eigenvalue weighted by atomic mass is 16.7. The summed E-state index contributed by atoms with van der Waals surface area (Å²) in [5, 5.41) is 0. The van der Waals surface area contributed by atoms with E-state index >= 15 is 0 Å². The van der Waals surface area contributed by atoms with Gasteiger partial charge in [0.05, 0.1) is 11.2 Å². The fraction of sp³-hybridized carbons (Fsp3) is 1.00. The van der Waals surface area contributed by atoms with Crippen LogP contribution in [0.2, 0.25) is 5.82 Å². The second-order valence-corrected chi connectivity index (χ2v) is 7.09. The molecule has 3 aliphatic rings. The van der Waals surface area contributed by atoms with Crippen LogP contribution in [0.15, 0.2) is 0 Å². The van der Waals surface area contributed by atoms with Gasteiger partial charge in [-0.2, -0.15) is 0 Å². The van der Waals surface area contributed by atoms with Crippen LogP contribution >= 0.6 is 0 Å². The van der Waals surface area contributed by atoms with Crippen LogP contribution in [0.1, 0.15) is 47.0 Å². The lowest BCUT2D eigenvalue weighted by molar-refractivity contribution is 0.00578. The molecule has 2 saturated heterocycles. The molecule has 1 aliphatic carbocycles. The van der Waals surface area contributed by atoms with Crippen molar-refractivity contribution < 1.29 is 9.31 Å². The monoisotopic (exact) mass is 252 g/mol. The van der Waals surface area contributed by atoms with E-state index in [0.717, 1.165) is 12.5 Å². The van der Waals surface area contributed by atoms with Gasteiger partial charge in [0.1, 0.15) is 0 Å². The lowest BCUT2D eigenvalue weighted by Crippen LogP contribution is -2.41. The van der Waals surface area contributed by atoms with Crippen LogP contribution in [0.3, 0.4) is 0 Å². The SMILES string of the molecule is CC1(C)OB(C2CCC3NNCC3C2)OC1(C)C. The molecule has 3 rings (SSSR count). The summed E-state index contributed by atoms with van der Waals surface area (Å²) in [6.07, 6.45) is 3.64. The standard InChI is InChI=1S/C13H25BN2O2/c1-12(2)13(3,4)18-14(17-12)10-5-6-11-9(7-10)8-15-16-11/h9-11,15-16H,5-8H2,1-4H3. The summed E-state index contributed by atoms with van der Waals surface area (Å²) < 4.78 is 12.4. The first-order valence-electron chi connectivity index (χ1n) is 7.23. The topological polar surface area (TPSA) is 42.5 Å². The average molecular weight is 252 g/mol. The first-order chi connectivity index (χ1) is 8.39. The largest absolute Gasteiger partial charge is 0.461 e. The fourth-order valence-corrected chi connectivity index (χ4v) is 3.37. The molecule has 3 unspecified atom stereocenters. The van der Waals surface area contributed by atoms with Gasteiger partial charge in [0.2, 0.25) is 0 Å². The van der Waals surface area contributed by atoms with Crippen molar-refractivity contribution in [3.05, 3.63) is 0 Å². The van der Waals surface area contributed by atoms with Crippen molar-refractivity contribution in [1.29, 1.82) is 0 Å². The third-order valence-electron chi connectivity index (χ3n) is 5.33. The van der Waals surface area contributed by atoms with Crippen molar-refractivity contribution in [2.75, 3.05) is 6.54 Å². The molecule has 4 nitrogen and oxygen atoms in total. The maximum absolute atomic E-state index is 6.19. The lowest BCUT2D eigenvalue weighted by atomic mass is 9.61. The van der Waals surface area contributed by atoms with E-state index in [1.165, 1.54) is 19.3 Å². The molecule has 2 heterocycles. The zero-order valence-electron chi connectivity index (χ0n) is 12.0. The number of hydrogen-bond acceptors (Lipinski definition) is 4. The van der Waals surface area contributed by atoms with Gasteiger partial charge in [0, 0.05) is 12.6 Å². The van der Waals surface area contributed by atoms with Crippen LogP contribution in [-0.4, -0.2) is 30.9 Å². The highest BCUT2D eigenvalue weighted by molar-refractivity contribution is 6.47. The molecule has 102 valence electrons. The molecule has 18 heavy (non-hydrogen) atoms. The van der Waals surface area contributed by atoms with Gasteiger partial charge >= 0.3 is 7.12 Å². The van der Waals surface area contributed by atoms with Crippen molar-refractivity contribution in [2.24, 2.45) is 5.92 Å². The predicted molar refractivity (Wildman–Crippen MR) is 72.1 cm³/mol. The molecule has 1 saturated carbocycles. The van der Waals surface area contributed by atoms with Gasteiger partial charge in [-0.3, -0.25) is 10.9 Å². The summed E-state index contributed by atoms with van der Waals surface area (Å²) >= 11 is 0. The Bertz CT molecular complexity index is 319. The van der Waals surface area contributed by atoms with Crippen LogP contribution in [0, 0.1) is 5.92 Å². The Hall–Kier alpha value is -0.0951. The molecule has 2 aliphatic heterocycles. The molecular weight excluding hydrogens is 227 g/mol. The van der Waals surface area contributed by atoms with Gasteiger partial charge in [-0.15, -0.1) is 0 Å². The molecule has 0 amide bonds. The Morgan fingerprint density at radius 1 is 1.06 bits per heavy atom. The number of hydrazine groups is 1. The minimum absolute atomic E-state index is 0.0171. The van der Waals surface area contributed by atoms with Crippen molar-refractivity contribution in [2.45, 2.75) is 70.0 Å². The summed E-state index contributed by atoms with van der Waals surface area (Å²) in [6.45, 7) is 9.63. The van der Waals surface area contributed by atoms with Gasteiger partial charge in [-0.05, 0) is 52.3 Å². The molecule has 0 aromatic rings. The molecule has 0 spiro atoms. The van der Waals surface area contributed by atoms with Gasteiger partial charge in [0.25, 0.3) is 0 Å². The number of fused-ring (bicyclic) bond motifs is 1. The van der Waals surface area contributed by atoms with Crippen LogP contribution in [0.5, 0.6) is 0 Å². The van der Waals surface area contributed by atoms with Crippen LogP contribution < -0.4 is 10.9 Å². The van der Waals surface area contributed by atoms with Crippen molar-refractivity contribution >= 4 is 7.12 Å². The predicted octanol–water partition coefficient (Wildman–Crippen LogP) is 1.73. The first-order valence-corrected chi connectivity index (χ1v) is 7.23. The highest BCUT2D eigenvalue weighted by Gasteiger charge is 2.54. The third kappa shape index (κ3) is 2.01. The second-order valence-electron chi connectivity index (χ2n) is 7.09. The van der Waals surface area contributed by atoms with Crippen LogP contribution in [-0.2, 0) is 9.31 Å². The summed E-state index contributed by atoms with van der Waals surface area (Å²) in [6, 6.07) is 0.656. The van der Waals surface area contributed by atoms with Crippen LogP contribution in [0.4, 0.5) is 0 Å². The Labute approximate surface area is 110 Å². The Morgan fingerprint density at radius 3 is 2.39 bits per heavy atom. The van der Waals surface area contributed by atoms with E-state index in [1.807, 2.05) is 0 Å². The molecule has 3 fully saturated rings. The summed E-state index contributed by atoms with van der Waals surface area (Å²) in [5.41, 5.74) is 6.26. The van der Waals surface area contributed by atoms with Gasteiger partial charge in [-0.1, -0.05) is 6.42 Å². The normalized spacial score (nSPS) is 42.0. The zero-order valence-corrected chi connectivity index (χ0v) is 12.0. The average Bonchev–Trinajstić information content (AvgIpc) is 2.80. The second kappa shape index (κ2) is 4.20. The Morgan fingerprint density at radius 2 is 1.72 bits per heavy atom. The summed E-state index contributed by atoms with van der Waals surface area (Å²) in [7, 11) is -0.0171. The molecule has 5 heteroatoms. The van der Waals surface area contributed by atoms with E-state index in [0.29, 0.717) is 11.9 Å². The number of hydrogen-bond donors (Lipinski definition) is 2. The molecule has 0 aromatic carbocycles. The molecule has 0 radical (unpaired) electrons. The van der Waals surface area contributed by atoms with E-state index < -0.39 is 0 Å². The summed E-state index contributed by atoms with van der Waals surface area (Å²) in [4.78, 5) is 0. The molecule has 2 N–H and O–H groups in total. The Kier molecular flexibility index (Phi) is 3.01. The molecule has 0 aromatic heterocycles. The molecular formula is C13H25BN2O2. The smallest absolute Gasteiger partial charge is 0.403 e. The van der Waals surface area contributed by atoms with E-state index in [4.69, 9.17) is 9.31 Å². The highest BCUT2D eigenvalue weighted by Crippen LogP contribution is 2.45. The van der Waals surface area contributed by atoms with E-state index in [1.54, 1.807) is 0 Å². The van der Waals surface area contributed by atoms with Gasteiger partial charge in [0.15, 0.2) is 0 Å². The van der Waals surface area contributed by atoms with E-state index in [-0.39, 0.29) is 18.3 Å². The molecule has 3 atom stereocenters. The van der Waals surface area contributed by atoms with Crippen molar-refractivity contribution in [3.8, 4) is 0 Å². The fourth-order valence-electron chi connectivity index (χ4n) is 3.37. The van der Waals surface area contributed by atoms with E-state index in [2.05, 4.69) is 38.5 Å². The van der Waals surface area contributed by atoms with Crippen molar-refractivity contribution in [3.63, 3.8) is 0 Å². The number of nitrogens with one attached hydrogen (secondary N) is 2. The molecule has 0 bridgehead atoms. The minimum atomic E-state index is -0.194. The maximum atomic E-state index is 6.19. The first kappa shape index (κ1) is 12.9. The lowest BCUT2D eigenvalue weighted by Gasteiger charge is -2.32. The minimum Gasteiger partial charge on any atom is -0.403 e. The van der Waals surface area contributed by atoms with Gasteiger partial charge in [-0.25, -0.2) is 0 Å². The summed E-state index contributed by atoms with van der Waals surface area (Å²) in [5.74, 6) is 1.29. The zero-order chi connectivity index (χ0) is 13.0. The number of rotatable bonds is 1. The maximum Gasteiger partial charge on any atom is 0.461 e. The van der Waals surface area contributed by atoms with Gasteiger partial charge < -0.3 is 9.31 Å². The third-order valence-corrected chi connectivity index (χ3v) is 5.33. The van der Waals surface area contributed by atoms with Crippen LogP contribution in [0.25, 0.3) is 0 Å².